The van der Waals surface area contributed by atoms with Gasteiger partial charge in [-0.1, -0.05) is 5.16 Å². The van der Waals surface area contributed by atoms with Gasteiger partial charge in [0.1, 0.15) is 4.75 Å². The van der Waals surface area contributed by atoms with E-state index < -0.39 is 50.7 Å². The number of nitrogens with one attached hydrogen (secondary N) is 1. The van der Waals surface area contributed by atoms with Gasteiger partial charge in [0.15, 0.2) is 9.84 Å². The molecule has 11 heteroatoms. The maximum atomic E-state index is 12.3. The van der Waals surface area contributed by atoms with E-state index in [4.69, 9.17) is 4.52 Å². The van der Waals surface area contributed by atoms with E-state index in [1.54, 1.807) is 0 Å². The number of rotatable bonds is 8. The molecule has 0 aromatic carbocycles. The minimum Gasteiger partial charge on any atom is -0.395 e. The van der Waals surface area contributed by atoms with Crippen molar-refractivity contribution in [2.45, 2.75) is 55.9 Å². The molecule has 1 saturated carbocycles. The van der Waals surface area contributed by atoms with Gasteiger partial charge in [0, 0.05) is 17.9 Å². The Morgan fingerprint density at radius 3 is 2.50 bits per heavy atom. The number of aliphatic hydroxyl groups excluding tert-OH is 1. The number of amides is 1. The van der Waals surface area contributed by atoms with Gasteiger partial charge < -0.3 is 9.63 Å². The molecular formula is C15H21F3N2O5S. The maximum absolute atomic E-state index is 12.3. The summed E-state index contributed by atoms with van der Waals surface area (Å²) >= 11 is 0. The van der Waals surface area contributed by atoms with Crippen LogP contribution in [0.25, 0.3) is 0 Å². The molecule has 1 aromatic rings. The fourth-order valence-electron chi connectivity index (χ4n) is 2.35. The van der Waals surface area contributed by atoms with Crippen molar-refractivity contribution in [1.29, 1.82) is 0 Å². The van der Waals surface area contributed by atoms with Gasteiger partial charge in [0.05, 0.1) is 18.1 Å². The second kappa shape index (κ2) is 6.84. The molecule has 0 unspecified atom stereocenters. The van der Waals surface area contributed by atoms with Crippen molar-refractivity contribution in [2.75, 3.05) is 17.7 Å². The fourth-order valence-corrected chi connectivity index (χ4v) is 3.72. The zero-order valence-electron chi connectivity index (χ0n) is 14.4. The van der Waals surface area contributed by atoms with E-state index in [9.17, 15) is 31.5 Å². The normalized spacial score (nSPS) is 17.2. The van der Waals surface area contributed by atoms with Crippen molar-refractivity contribution in [3.05, 3.63) is 11.8 Å². The van der Waals surface area contributed by atoms with Gasteiger partial charge in [-0.2, -0.15) is 13.2 Å². The highest BCUT2D eigenvalue weighted by molar-refractivity contribution is 7.93. The Morgan fingerprint density at radius 2 is 2.00 bits per heavy atom. The minimum atomic E-state index is -4.45. The van der Waals surface area contributed by atoms with Crippen molar-refractivity contribution in [1.82, 2.24) is 5.16 Å². The molecule has 26 heavy (non-hydrogen) atoms. The Balaban J connectivity index is 2.02. The van der Waals surface area contributed by atoms with E-state index in [0.717, 1.165) is 26.7 Å². The van der Waals surface area contributed by atoms with Crippen molar-refractivity contribution in [3.8, 4) is 0 Å². The first kappa shape index (κ1) is 20.7. The number of anilines is 1. The highest BCUT2D eigenvalue weighted by Gasteiger charge is 2.47. The first-order valence-electron chi connectivity index (χ1n) is 8.02. The summed E-state index contributed by atoms with van der Waals surface area (Å²) < 4.78 is 64.2. The Morgan fingerprint density at radius 1 is 1.38 bits per heavy atom. The number of alkyl halides is 3. The smallest absolute Gasteiger partial charge is 0.389 e. The van der Waals surface area contributed by atoms with Crippen molar-refractivity contribution in [2.24, 2.45) is 0 Å². The molecule has 1 aliphatic carbocycles. The van der Waals surface area contributed by atoms with Crippen LogP contribution in [-0.2, 0) is 20.0 Å². The maximum Gasteiger partial charge on any atom is 0.389 e. The molecule has 1 heterocycles. The highest BCUT2D eigenvalue weighted by atomic mass is 32.2. The zero-order valence-corrected chi connectivity index (χ0v) is 15.2. The Kier molecular flexibility index (Phi) is 5.44. The van der Waals surface area contributed by atoms with Gasteiger partial charge in [-0.3, -0.25) is 10.1 Å². The van der Waals surface area contributed by atoms with Crippen molar-refractivity contribution >= 4 is 21.6 Å². The summed E-state index contributed by atoms with van der Waals surface area (Å²) in [6.07, 6.45) is -4.86. The molecule has 0 radical (unpaired) electrons. The lowest BCUT2D eigenvalue weighted by atomic mass is 10.0. The number of nitrogens with zero attached hydrogens (tertiary/aromatic N) is 1. The molecule has 2 N–H and O–H groups in total. The molecule has 1 aromatic heterocycles. The van der Waals surface area contributed by atoms with E-state index in [-0.39, 0.29) is 12.5 Å². The predicted octanol–water partition coefficient (Wildman–Crippen LogP) is 2.17. The van der Waals surface area contributed by atoms with Crippen LogP contribution in [-0.4, -0.2) is 47.9 Å². The largest absolute Gasteiger partial charge is 0.395 e. The van der Waals surface area contributed by atoms with Crippen LogP contribution >= 0.6 is 0 Å². The van der Waals surface area contributed by atoms with Crippen LogP contribution in [0.5, 0.6) is 0 Å². The Hall–Kier alpha value is -1.62. The fraction of sp³-hybridized carbons (Fsp3) is 0.733. The van der Waals surface area contributed by atoms with E-state index in [0.29, 0.717) is 5.69 Å². The summed E-state index contributed by atoms with van der Waals surface area (Å²) in [7, 11) is -4.13. The zero-order chi connectivity index (χ0) is 19.8. The molecule has 1 amide bonds. The van der Waals surface area contributed by atoms with E-state index in [1.807, 2.05) is 0 Å². The molecule has 2 rings (SSSR count). The standard InChI is InChI=1S/C15H21F3N2O5S/c1-13(2,26(23,24)7-3-4-15(16,17)18)12(22)19-11-8-10(20-25-11)14(9-21)5-6-14/h8,21H,3-7,9H2,1-2H3,(H,19,22). The number of aliphatic hydroxyl groups is 1. The number of hydrogen-bond acceptors (Lipinski definition) is 6. The van der Waals surface area contributed by atoms with E-state index in [1.165, 1.54) is 6.07 Å². The van der Waals surface area contributed by atoms with Crippen LogP contribution in [0.1, 0.15) is 45.2 Å². The van der Waals surface area contributed by atoms with Crippen LogP contribution in [0.2, 0.25) is 0 Å². The van der Waals surface area contributed by atoms with E-state index >= 15 is 0 Å². The predicted molar refractivity (Wildman–Crippen MR) is 86.3 cm³/mol. The lowest BCUT2D eigenvalue weighted by molar-refractivity contribution is -0.134. The van der Waals surface area contributed by atoms with Gasteiger partial charge in [-0.15, -0.1) is 0 Å². The van der Waals surface area contributed by atoms with E-state index in [2.05, 4.69) is 10.5 Å². The van der Waals surface area contributed by atoms with Gasteiger partial charge >= 0.3 is 6.18 Å². The van der Waals surface area contributed by atoms with Crippen LogP contribution in [0, 0.1) is 0 Å². The summed E-state index contributed by atoms with van der Waals surface area (Å²) in [4.78, 5) is 12.3. The number of carbonyl (C=O) groups excluding carboxylic acids is 1. The third-order valence-electron chi connectivity index (χ3n) is 4.64. The van der Waals surface area contributed by atoms with Crippen LogP contribution in [0.3, 0.4) is 0 Å². The Labute approximate surface area is 148 Å². The summed E-state index contributed by atoms with van der Waals surface area (Å²) in [5.74, 6) is -1.77. The SMILES string of the molecule is CC(C)(C(=O)Nc1cc(C2(CO)CC2)no1)S(=O)(=O)CCCC(F)(F)F. The molecule has 148 valence electrons. The topological polar surface area (TPSA) is 110 Å². The number of carbonyl (C=O) groups is 1. The van der Waals surface area contributed by atoms with Crippen LogP contribution in [0.15, 0.2) is 10.6 Å². The number of hydrogen-bond donors (Lipinski definition) is 2. The van der Waals surface area contributed by atoms with Crippen molar-refractivity contribution < 1.29 is 36.0 Å². The van der Waals surface area contributed by atoms with Gasteiger partial charge in [-0.05, 0) is 33.1 Å². The monoisotopic (exact) mass is 398 g/mol. The first-order valence-corrected chi connectivity index (χ1v) is 9.67. The molecule has 0 spiro atoms. The third kappa shape index (κ3) is 4.37. The number of sulfone groups is 1. The van der Waals surface area contributed by atoms with Crippen LogP contribution in [0.4, 0.5) is 19.1 Å². The van der Waals surface area contributed by atoms with Gasteiger partial charge in [-0.25, -0.2) is 8.42 Å². The highest BCUT2D eigenvalue weighted by Crippen LogP contribution is 2.47. The number of aromatic nitrogens is 1. The third-order valence-corrected chi connectivity index (χ3v) is 7.21. The van der Waals surface area contributed by atoms with Crippen molar-refractivity contribution in [3.63, 3.8) is 0 Å². The molecule has 0 saturated heterocycles. The van der Waals surface area contributed by atoms with Gasteiger partial charge in [0.25, 0.3) is 0 Å². The minimum absolute atomic E-state index is 0.0803. The molecule has 0 atom stereocenters. The second-order valence-electron chi connectivity index (χ2n) is 7.02. The summed E-state index contributed by atoms with van der Waals surface area (Å²) in [5.41, 5.74) is -0.0211. The Bertz CT molecular complexity index is 766. The molecule has 0 bridgehead atoms. The summed E-state index contributed by atoms with van der Waals surface area (Å²) in [5, 5.41) is 15.4. The first-order chi connectivity index (χ1) is 11.8. The average Bonchev–Trinajstić information content (AvgIpc) is 3.18. The molecule has 0 aliphatic heterocycles. The second-order valence-corrected chi connectivity index (χ2v) is 9.68. The molecular weight excluding hydrogens is 377 g/mol. The van der Waals surface area contributed by atoms with Gasteiger partial charge in [0.2, 0.25) is 11.8 Å². The lowest BCUT2D eigenvalue weighted by Gasteiger charge is -2.23. The summed E-state index contributed by atoms with van der Waals surface area (Å²) in [6.45, 7) is 2.13. The number of halogens is 3. The average molecular weight is 398 g/mol. The summed E-state index contributed by atoms with van der Waals surface area (Å²) in [6, 6.07) is 1.41. The lowest BCUT2D eigenvalue weighted by Crippen LogP contribution is -2.45. The molecule has 1 aliphatic rings. The molecule has 1 fully saturated rings. The van der Waals surface area contributed by atoms with Crippen LogP contribution < -0.4 is 5.32 Å². The molecule has 7 nitrogen and oxygen atoms in total. The quantitative estimate of drug-likeness (QED) is 0.695.